The summed E-state index contributed by atoms with van der Waals surface area (Å²) in [7, 11) is -2.26. The van der Waals surface area contributed by atoms with Gasteiger partial charge in [-0.25, -0.2) is 0 Å². The molecule has 5 aromatic rings. The molecule has 0 saturated heterocycles. The van der Waals surface area contributed by atoms with E-state index in [0.717, 1.165) is 22.6 Å². The van der Waals surface area contributed by atoms with Crippen LogP contribution in [0, 0.1) is 0 Å². The van der Waals surface area contributed by atoms with Gasteiger partial charge in [0, 0.05) is 23.9 Å². The summed E-state index contributed by atoms with van der Waals surface area (Å²) in [5.41, 5.74) is 3.26. The van der Waals surface area contributed by atoms with Gasteiger partial charge in [0.25, 0.3) is 0 Å². The Morgan fingerprint density at radius 3 is 1.58 bits per heavy atom. The van der Waals surface area contributed by atoms with Crippen LogP contribution in [0.3, 0.4) is 0 Å². The number of nitrogens with zero attached hydrogens (tertiary/aromatic N) is 1. The second-order valence-electron chi connectivity index (χ2n) is 8.67. The molecule has 0 spiro atoms. The smallest absolute Gasteiger partial charge is 0.0621 e. The van der Waals surface area contributed by atoms with Crippen LogP contribution in [-0.2, 0) is 0 Å². The number of anilines is 1. The van der Waals surface area contributed by atoms with Crippen molar-refractivity contribution in [2.45, 2.75) is 6.04 Å². The molecule has 5 rings (SSSR count). The van der Waals surface area contributed by atoms with E-state index in [9.17, 15) is 0 Å². The molecule has 0 aliphatic carbocycles. The molecule has 0 radical (unpaired) electrons. The molecule has 1 N–H and O–H groups in total. The molecule has 0 amide bonds. The lowest BCUT2D eigenvalue weighted by Crippen LogP contribution is -2.25. The molecule has 0 saturated carbocycles. The predicted octanol–water partition coefficient (Wildman–Crippen LogP) is 8.68. The Hall–Kier alpha value is -3.58. The van der Waals surface area contributed by atoms with Crippen molar-refractivity contribution in [3.63, 3.8) is 0 Å². The first-order chi connectivity index (χ1) is 17.7. The molecule has 1 atom stereocenters. The fourth-order valence-electron chi connectivity index (χ4n) is 4.49. The summed E-state index contributed by atoms with van der Waals surface area (Å²) in [6.07, 6.45) is 0.812. The first-order valence-corrected chi connectivity index (χ1v) is 14.4. The van der Waals surface area contributed by atoms with E-state index < -0.39 is 7.05 Å². The Morgan fingerprint density at radius 1 is 0.583 bits per heavy atom. The standard InChI is InChI=1S/C32H28ClN2P/c33-27-23-21-26(22-24-27)32(34-28-13-5-1-6-14-28)25-36(30-17-9-3-10-18-30,31-19-11-4-12-20-31)35-29-15-7-2-8-16-29/h1-24,32,34H,25H2/t32-/m1/s1. The summed E-state index contributed by atoms with van der Waals surface area (Å²) in [6.45, 7) is 0. The average Bonchev–Trinajstić information content (AvgIpc) is 2.95. The molecule has 0 aliphatic heterocycles. The number of para-hydroxylation sites is 1. The van der Waals surface area contributed by atoms with Crippen LogP contribution in [0.4, 0.5) is 11.4 Å². The third kappa shape index (κ3) is 5.62. The normalized spacial score (nSPS) is 12.0. The first-order valence-electron chi connectivity index (χ1n) is 12.1. The van der Waals surface area contributed by atoms with Crippen molar-refractivity contribution in [1.82, 2.24) is 0 Å². The molecule has 0 fully saturated rings. The van der Waals surface area contributed by atoms with Crippen molar-refractivity contribution in [2.75, 3.05) is 11.5 Å². The van der Waals surface area contributed by atoms with Crippen LogP contribution in [-0.4, -0.2) is 6.16 Å². The zero-order valence-corrected chi connectivity index (χ0v) is 21.6. The van der Waals surface area contributed by atoms with Gasteiger partial charge < -0.3 is 5.32 Å². The number of benzene rings is 5. The third-order valence-electron chi connectivity index (χ3n) is 6.24. The van der Waals surface area contributed by atoms with Gasteiger partial charge in [-0.05, 0) is 52.6 Å². The fourth-order valence-corrected chi connectivity index (χ4v) is 8.33. The molecule has 0 heterocycles. The van der Waals surface area contributed by atoms with Crippen molar-refractivity contribution in [3.8, 4) is 0 Å². The molecule has 36 heavy (non-hydrogen) atoms. The molecule has 4 heteroatoms. The maximum atomic E-state index is 6.28. The Balaban J connectivity index is 1.73. The van der Waals surface area contributed by atoms with Crippen LogP contribution >= 0.6 is 18.7 Å². The average molecular weight is 507 g/mol. The summed E-state index contributed by atoms with van der Waals surface area (Å²) < 4.78 is 5.60. The second kappa shape index (κ2) is 11.4. The molecule has 0 bridgehead atoms. The molecule has 0 aliphatic rings. The highest BCUT2D eigenvalue weighted by atomic mass is 35.5. The van der Waals surface area contributed by atoms with E-state index in [4.69, 9.17) is 16.3 Å². The van der Waals surface area contributed by atoms with Crippen molar-refractivity contribution < 1.29 is 0 Å². The highest BCUT2D eigenvalue weighted by Gasteiger charge is 2.30. The van der Waals surface area contributed by atoms with Gasteiger partial charge in [0.05, 0.1) is 11.7 Å². The lowest BCUT2D eigenvalue weighted by Gasteiger charge is -2.32. The molecule has 0 unspecified atom stereocenters. The number of hydrogen-bond donors (Lipinski definition) is 1. The molecular formula is C32H28ClN2P. The van der Waals surface area contributed by atoms with Crippen LogP contribution in [0.2, 0.25) is 5.02 Å². The zero-order valence-electron chi connectivity index (χ0n) is 19.9. The second-order valence-corrected chi connectivity index (χ2v) is 12.2. The minimum absolute atomic E-state index is 0.0193. The van der Waals surface area contributed by atoms with Crippen molar-refractivity contribution in [2.24, 2.45) is 4.74 Å². The van der Waals surface area contributed by atoms with Gasteiger partial charge in [-0.1, -0.05) is 121 Å². The van der Waals surface area contributed by atoms with Gasteiger partial charge in [0.1, 0.15) is 0 Å². The third-order valence-corrected chi connectivity index (χ3v) is 10.3. The van der Waals surface area contributed by atoms with Gasteiger partial charge >= 0.3 is 0 Å². The molecule has 0 aromatic heterocycles. The molecular weight excluding hydrogens is 479 g/mol. The Morgan fingerprint density at radius 2 is 1.06 bits per heavy atom. The minimum Gasteiger partial charge on any atom is -0.378 e. The molecule has 178 valence electrons. The predicted molar refractivity (Wildman–Crippen MR) is 157 cm³/mol. The van der Waals surface area contributed by atoms with Crippen LogP contribution < -0.4 is 15.9 Å². The SMILES string of the molecule is Clc1ccc([C@@H](CP(=Nc2ccccc2)(c2ccccc2)c2ccccc2)Nc2ccccc2)cc1. The van der Waals surface area contributed by atoms with Crippen LogP contribution in [0.5, 0.6) is 0 Å². The number of nitrogens with one attached hydrogen (secondary N) is 1. The lowest BCUT2D eigenvalue weighted by atomic mass is 10.1. The van der Waals surface area contributed by atoms with Crippen molar-refractivity contribution >= 4 is 40.6 Å². The monoisotopic (exact) mass is 506 g/mol. The number of rotatable bonds is 8. The first kappa shape index (κ1) is 24.1. The number of halogens is 1. The van der Waals surface area contributed by atoms with Crippen molar-refractivity contribution in [3.05, 3.63) is 156 Å². The maximum Gasteiger partial charge on any atom is 0.0621 e. The summed E-state index contributed by atoms with van der Waals surface area (Å²) in [5.74, 6) is 0. The minimum atomic E-state index is -2.26. The quantitative estimate of drug-likeness (QED) is 0.209. The number of hydrogen-bond acceptors (Lipinski definition) is 2. The van der Waals surface area contributed by atoms with E-state index in [1.165, 1.54) is 16.2 Å². The van der Waals surface area contributed by atoms with E-state index in [0.29, 0.717) is 0 Å². The van der Waals surface area contributed by atoms with Crippen molar-refractivity contribution in [1.29, 1.82) is 0 Å². The van der Waals surface area contributed by atoms with Crippen LogP contribution in [0.25, 0.3) is 0 Å². The zero-order chi connectivity index (χ0) is 24.6. The largest absolute Gasteiger partial charge is 0.378 e. The summed E-state index contributed by atoms with van der Waals surface area (Å²) in [4.78, 5) is 0. The summed E-state index contributed by atoms with van der Waals surface area (Å²) in [6, 6.07) is 50.5. The maximum absolute atomic E-state index is 6.28. The van der Waals surface area contributed by atoms with Gasteiger partial charge in [0.15, 0.2) is 0 Å². The molecule has 5 aromatic carbocycles. The van der Waals surface area contributed by atoms with Crippen LogP contribution in [0.15, 0.2) is 150 Å². The van der Waals surface area contributed by atoms with E-state index in [1.807, 2.05) is 24.3 Å². The van der Waals surface area contributed by atoms with E-state index in [1.54, 1.807) is 0 Å². The fraction of sp³-hybridized carbons (Fsp3) is 0.0625. The summed E-state index contributed by atoms with van der Waals surface area (Å²) >= 11 is 6.28. The van der Waals surface area contributed by atoms with Gasteiger partial charge in [-0.15, -0.1) is 0 Å². The van der Waals surface area contributed by atoms with Gasteiger partial charge in [-0.3, -0.25) is 4.74 Å². The van der Waals surface area contributed by atoms with Gasteiger partial charge in [-0.2, -0.15) is 0 Å². The van der Waals surface area contributed by atoms with E-state index >= 15 is 0 Å². The Labute approximate surface area is 218 Å². The van der Waals surface area contributed by atoms with E-state index in [2.05, 4.69) is 127 Å². The highest BCUT2D eigenvalue weighted by molar-refractivity contribution is 7.81. The highest BCUT2D eigenvalue weighted by Crippen LogP contribution is 2.53. The van der Waals surface area contributed by atoms with E-state index in [-0.39, 0.29) is 6.04 Å². The van der Waals surface area contributed by atoms with Gasteiger partial charge in [0.2, 0.25) is 0 Å². The topological polar surface area (TPSA) is 24.4 Å². The Kier molecular flexibility index (Phi) is 7.67. The lowest BCUT2D eigenvalue weighted by molar-refractivity contribution is 0.892. The van der Waals surface area contributed by atoms with Crippen LogP contribution in [0.1, 0.15) is 11.6 Å². The summed E-state index contributed by atoms with van der Waals surface area (Å²) in [5, 5.41) is 7.07. The Bertz CT molecular complexity index is 1380. The molecule has 2 nitrogen and oxygen atoms in total.